The molecule has 0 radical (unpaired) electrons. The Labute approximate surface area is 122 Å². The Kier molecular flexibility index (Phi) is 6.24. The van der Waals surface area contributed by atoms with Crippen LogP contribution in [-0.4, -0.2) is 54.7 Å². The maximum absolute atomic E-state index is 11.3. The van der Waals surface area contributed by atoms with Crippen molar-refractivity contribution >= 4 is 27.7 Å². The van der Waals surface area contributed by atoms with Gasteiger partial charge in [0.25, 0.3) is 0 Å². The molecule has 1 heterocycles. The Morgan fingerprint density at radius 1 is 1.42 bits per heavy atom. The number of nitrogens with zero attached hydrogens (tertiary/aromatic N) is 3. The minimum atomic E-state index is -0.949. The molecule has 0 aromatic carbocycles. The molecule has 0 aliphatic rings. The van der Waals surface area contributed by atoms with Gasteiger partial charge in [0.05, 0.1) is 0 Å². The van der Waals surface area contributed by atoms with Crippen molar-refractivity contribution in [1.82, 2.24) is 9.88 Å². The van der Waals surface area contributed by atoms with Crippen LogP contribution in [0.4, 0.5) is 5.82 Å². The first-order valence-corrected chi connectivity index (χ1v) is 7.03. The van der Waals surface area contributed by atoms with Crippen LogP contribution in [0.15, 0.2) is 16.7 Å². The molecule has 1 aromatic heterocycles. The van der Waals surface area contributed by atoms with E-state index in [-0.39, 0.29) is 5.56 Å². The molecule has 0 saturated carbocycles. The Balaban J connectivity index is 2.88. The molecule has 0 spiro atoms. The molecule has 1 N–H and O–H groups in total. The van der Waals surface area contributed by atoms with E-state index >= 15 is 0 Å². The largest absolute Gasteiger partial charge is 0.478 e. The van der Waals surface area contributed by atoms with Crippen molar-refractivity contribution in [1.29, 1.82) is 0 Å². The summed E-state index contributed by atoms with van der Waals surface area (Å²) < 4.78 is 0.679. The average Bonchev–Trinajstić information content (AvgIpc) is 2.34. The fraction of sp³-hybridized carbons (Fsp3) is 0.538. The predicted octanol–water partition coefficient (Wildman–Crippen LogP) is 2.32. The lowest BCUT2D eigenvalue weighted by molar-refractivity contribution is 0.0697. The van der Waals surface area contributed by atoms with Gasteiger partial charge in [0.2, 0.25) is 0 Å². The third-order valence-corrected chi connectivity index (χ3v) is 3.21. The molecule has 1 aromatic rings. The number of aromatic carboxylic acids is 1. The smallest absolute Gasteiger partial charge is 0.339 e. The third kappa shape index (κ3) is 4.80. The van der Waals surface area contributed by atoms with Gasteiger partial charge in [-0.2, -0.15) is 0 Å². The topological polar surface area (TPSA) is 56.7 Å². The standard InChI is InChI=1S/C13H20BrN3O2/c1-4-17(7-5-6-16(2)3)12-11(13(18)19)8-10(14)9-15-12/h8-9H,4-7H2,1-3H3,(H,18,19). The van der Waals surface area contributed by atoms with Crippen LogP contribution in [0.1, 0.15) is 23.7 Å². The van der Waals surface area contributed by atoms with Crippen LogP contribution < -0.4 is 4.90 Å². The molecule has 19 heavy (non-hydrogen) atoms. The molecule has 0 aliphatic heterocycles. The van der Waals surface area contributed by atoms with Gasteiger partial charge >= 0.3 is 5.97 Å². The summed E-state index contributed by atoms with van der Waals surface area (Å²) in [5.41, 5.74) is 0.237. The Hall–Kier alpha value is -1.14. The minimum absolute atomic E-state index is 0.237. The van der Waals surface area contributed by atoms with Crippen LogP contribution in [0, 0.1) is 0 Å². The van der Waals surface area contributed by atoms with Gasteiger partial charge < -0.3 is 14.9 Å². The van der Waals surface area contributed by atoms with Crippen molar-refractivity contribution in [2.75, 3.05) is 38.6 Å². The Morgan fingerprint density at radius 2 is 2.11 bits per heavy atom. The number of anilines is 1. The summed E-state index contributed by atoms with van der Waals surface area (Å²) in [4.78, 5) is 19.6. The van der Waals surface area contributed by atoms with Gasteiger partial charge in [0.15, 0.2) is 0 Å². The van der Waals surface area contributed by atoms with Crippen LogP contribution in [0.25, 0.3) is 0 Å². The summed E-state index contributed by atoms with van der Waals surface area (Å²) in [6.45, 7) is 4.51. The van der Waals surface area contributed by atoms with Crippen LogP contribution >= 0.6 is 15.9 Å². The minimum Gasteiger partial charge on any atom is -0.478 e. The lowest BCUT2D eigenvalue weighted by Crippen LogP contribution is -2.29. The lowest BCUT2D eigenvalue weighted by Gasteiger charge is -2.24. The normalized spacial score (nSPS) is 10.8. The van der Waals surface area contributed by atoms with E-state index in [1.54, 1.807) is 12.3 Å². The highest BCUT2D eigenvalue weighted by Crippen LogP contribution is 2.21. The molecular formula is C13H20BrN3O2. The van der Waals surface area contributed by atoms with Gasteiger partial charge in [-0.15, -0.1) is 0 Å². The van der Waals surface area contributed by atoms with Crippen molar-refractivity contribution < 1.29 is 9.90 Å². The van der Waals surface area contributed by atoms with Crippen molar-refractivity contribution in [3.05, 3.63) is 22.3 Å². The number of carboxylic acid groups (broad SMARTS) is 1. The van der Waals surface area contributed by atoms with E-state index in [9.17, 15) is 9.90 Å². The SMILES string of the molecule is CCN(CCCN(C)C)c1ncc(Br)cc1C(=O)O. The van der Waals surface area contributed by atoms with Crippen molar-refractivity contribution in [2.24, 2.45) is 0 Å². The fourth-order valence-corrected chi connectivity index (χ4v) is 2.16. The highest BCUT2D eigenvalue weighted by Gasteiger charge is 2.17. The van der Waals surface area contributed by atoms with E-state index in [0.29, 0.717) is 10.3 Å². The molecule has 0 bridgehead atoms. The second-order valence-corrected chi connectivity index (χ2v) is 5.48. The number of hydrogen-bond acceptors (Lipinski definition) is 4. The summed E-state index contributed by atoms with van der Waals surface area (Å²) in [6, 6.07) is 1.60. The van der Waals surface area contributed by atoms with E-state index in [1.807, 2.05) is 25.9 Å². The second-order valence-electron chi connectivity index (χ2n) is 4.57. The first kappa shape index (κ1) is 15.9. The van der Waals surface area contributed by atoms with E-state index < -0.39 is 5.97 Å². The van der Waals surface area contributed by atoms with E-state index in [2.05, 4.69) is 25.8 Å². The maximum Gasteiger partial charge on any atom is 0.339 e. The molecule has 0 unspecified atom stereocenters. The van der Waals surface area contributed by atoms with Crippen molar-refractivity contribution in [3.8, 4) is 0 Å². The molecule has 1 rings (SSSR count). The first-order chi connectivity index (χ1) is 8.95. The zero-order valence-corrected chi connectivity index (χ0v) is 13.1. The van der Waals surface area contributed by atoms with E-state index in [0.717, 1.165) is 26.1 Å². The number of aromatic nitrogens is 1. The maximum atomic E-state index is 11.3. The van der Waals surface area contributed by atoms with Crippen molar-refractivity contribution in [2.45, 2.75) is 13.3 Å². The van der Waals surface area contributed by atoms with E-state index in [1.165, 1.54) is 0 Å². The molecule has 0 atom stereocenters. The summed E-state index contributed by atoms with van der Waals surface area (Å²) >= 11 is 3.26. The van der Waals surface area contributed by atoms with Crippen LogP contribution in [-0.2, 0) is 0 Å². The summed E-state index contributed by atoms with van der Waals surface area (Å²) in [5.74, 6) is -0.410. The van der Waals surface area contributed by atoms with Gasteiger partial charge in [-0.1, -0.05) is 0 Å². The summed E-state index contributed by atoms with van der Waals surface area (Å²) in [7, 11) is 4.05. The number of halogens is 1. The zero-order chi connectivity index (χ0) is 14.4. The summed E-state index contributed by atoms with van der Waals surface area (Å²) in [6.07, 6.45) is 2.61. The predicted molar refractivity (Wildman–Crippen MR) is 80.0 cm³/mol. The van der Waals surface area contributed by atoms with Gasteiger partial charge in [-0.25, -0.2) is 9.78 Å². The molecule has 5 nitrogen and oxygen atoms in total. The first-order valence-electron chi connectivity index (χ1n) is 6.24. The number of carboxylic acids is 1. The summed E-state index contributed by atoms with van der Waals surface area (Å²) in [5, 5.41) is 9.25. The van der Waals surface area contributed by atoms with Crippen LogP contribution in [0.5, 0.6) is 0 Å². The molecule has 0 aliphatic carbocycles. The molecular weight excluding hydrogens is 310 g/mol. The number of pyridine rings is 1. The fourth-order valence-electron chi connectivity index (χ4n) is 1.83. The number of hydrogen-bond donors (Lipinski definition) is 1. The monoisotopic (exact) mass is 329 g/mol. The molecule has 0 amide bonds. The molecule has 0 saturated heterocycles. The average molecular weight is 330 g/mol. The van der Waals surface area contributed by atoms with Crippen LogP contribution in [0.2, 0.25) is 0 Å². The molecule has 106 valence electrons. The Bertz CT molecular complexity index is 438. The zero-order valence-electron chi connectivity index (χ0n) is 11.6. The highest BCUT2D eigenvalue weighted by atomic mass is 79.9. The van der Waals surface area contributed by atoms with E-state index in [4.69, 9.17) is 0 Å². The number of rotatable bonds is 7. The third-order valence-electron chi connectivity index (χ3n) is 2.78. The van der Waals surface area contributed by atoms with Gasteiger partial charge in [-0.3, -0.25) is 0 Å². The van der Waals surface area contributed by atoms with Crippen LogP contribution in [0.3, 0.4) is 0 Å². The van der Waals surface area contributed by atoms with Gasteiger partial charge in [0.1, 0.15) is 11.4 Å². The number of carbonyl (C=O) groups is 1. The second kappa shape index (κ2) is 7.45. The Morgan fingerprint density at radius 3 is 2.63 bits per heavy atom. The molecule has 0 fully saturated rings. The van der Waals surface area contributed by atoms with Crippen molar-refractivity contribution in [3.63, 3.8) is 0 Å². The van der Waals surface area contributed by atoms with Gasteiger partial charge in [0, 0.05) is 23.8 Å². The lowest BCUT2D eigenvalue weighted by atomic mass is 10.2. The quantitative estimate of drug-likeness (QED) is 0.831. The van der Waals surface area contributed by atoms with Gasteiger partial charge in [-0.05, 0) is 56.0 Å². The molecule has 6 heteroatoms. The highest BCUT2D eigenvalue weighted by molar-refractivity contribution is 9.10.